The van der Waals surface area contributed by atoms with Crippen LogP contribution < -0.4 is 16.0 Å². The van der Waals surface area contributed by atoms with Gasteiger partial charge in [-0.3, -0.25) is 0 Å². The van der Waals surface area contributed by atoms with Crippen LogP contribution in [-0.2, 0) is 69.3 Å². The summed E-state index contributed by atoms with van der Waals surface area (Å²) in [6.07, 6.45) is 1.47. The molecule has 0 fully saturated rings. The quantitative estimate of drug-likeness (QED) is 0.144. The topological polar surface area (TPSA) is 148 Å². The second-order valence-electron chi connectivity index (χ2n) is 16.7. The normalized spacial score (nSPS) is 15.8. The van der Waals surface area contributed by atoms with Crippen molar-refractivity contribution in [3.63, 3.8) is 0 Å². The molecular weight excluding hydrogens is 781 g/mol. The molecule has 0 spiro atoms. The molecule has 0 aromatic heterocycles. The fourth-order valence-corrected chi connectivity index (χ4v) is 11.9. The third kappa shape index (κ3) is 14.0. The van der Waals surface area contributed by atoms with E-state index in [0.717, 1.165) is 50.4 Å². The first-order valence-corrected chi connectivity index (χ1v) is 24.9. The fourth-order valence-electron chi connectivity index (χ4n) is 6.79. The molecule has 6 bridgehead atoms. The minimum Gasteiger partial charge on any atom is -0.388 e. The summed E-state index contributed by atoms with van der Waals surface area (Å²) in [6.45, 7) is 12.4. The average molecular weight is 847 g/mol. The molecule has 318 valence electrons. The van der Waals surface area contributed by atoms with Gasteiger partial charge in [0.1, 0.15) is 0 Å². The van der Waals surface area contributed by atoms with Crippen LogP contribution in [0.1, 0.15) is 94.2 Å². The molecule has 0 saturated heterocycles. The molecule has 12 nitrogen and oxygen atoms in total. The van der Waals surface area contributed by atoms with E-state index in [9.17, 15) is 25.3 Å². The Kier molecular flexibility index (Phi) is 16.4. The third-order valence-corrected chi connectivity index (χ3v) is 15.6. The fraction of sp³-hybridized carbons (Fsp3) is 0.571. The highest BCUT2D eigenvalue weighted by Crippen LogP contribution is 2.28. The lowest BCUT2D eigenvalue weighted by molar-refractivity contribution is 0.389. The lowest BCUT2D eigenvalue weighted by atomic mass is 10.1. The summed E-state index contributed by atoms with van der Waals surface area (Å²) in [6, 6.07) is 17.2. The highest BCUT2D eigenvalue weighted by atomic mass is 32.2. The Balaban J connectivity index is 1.98. The summed E-state index contributed by atoms with van der Waals surface area (Å²) in [5.41, 5.74) is 6.55. The van der Waals surface area contributed by atoms with E-state index < -0.39 is 30.1 Å². The zero-order valence-electron chi connectivity index (χ0n) is 35.4. The van der Waals surface area contributed by atoms with Gasteiger partial charge in [0.05, 0.1) is 17.3 Å². The van der Waals surface area contributed by atoms with Crippen LogP contribution in [-0.4, -0.2) is 76.6 Å². The molecule has 4 rings (SSSR count). The van der Waals surface area contributed by atoms with E-state index in [-0.39, 0.29) is 74.3 Å². The lowest BCUT2D eigenvalue weighted by Crippen LogP contribution is -2.34. The van der Waals surface area contributed by atoms with Gasteiger partial charge in [0.15, 0.2) is 0 Å². The second kappa shape index (κ2) is 20.2. The first kappa shape index (κ1) is 46.5. The van der Waals surface area contributed by atoms with Crippen LogP contribution in [0.15, 0.2) is 54.6 Å². The van der Waals surface area contributed by atoms with Gasteiger partial charge in [-0.1, -0.05) is 59.7 Å². The zero-order chi connectivity index (χ0) is 42.1. The average Bonchev–Trinajstić information content (AvgIpc) is 3.14. The maximum Gasteiger partial charge on any atom is 0.214 e. The number of fused-ring (bicyclic) bond motifs is 6. The van der Waals surface area contributed by atoms with Crippen molar-refractivity contribution < 1.29 is 25.3 Å². The molecule has 1 aliphatic heterocycles. The maximum absolute atomic E-state index is 14.2. The number of nitrogens with one attached hydrogen (secondary N) is 3. The lowest BCUT2D eigenvalue weighted by Gasteiger charge is -2.27. The van der Waals surface area contributed by atoms with Gasteiger partial charge in [-0.15, -0.1) is 0 Å². The van der Waals surface area contributed by atoms with Crippen molar-refractivity contribution in [3.05, 3.63) is 88.0 Å². The first-order chi connectivity index (χ1) is 26.7. The summed E-state index contributed by atoms with van der Waals surface area (Å²) >= 11 is 0. The van der Waals surface area contributed by atoms with E-state index >= 15 is 0 Å². The first-order valence-electron chi connectivity index (χ1n) is 20.1. The minimum atomic E-state index is -3.77. The Hall–Kier alpha value is -3.21. The molecule has 0 unspecified atom stereocenters. The highest BCUT2D eigenvalue weighted by Gasteiger charge is 2.28. The smallest absolute Gasteiger partial charge is 0.214 e. The number of anilines is 3. The molecule has 0 radical (unpaired) electrons. The molecule has 1 aliphatic rings. The number of rotatable bonds is 15. The Morgan fingerprint density at radius 2 is 0.596 bits per heavy atom. The van der Waals surface area contributed by atoms with Crippen molar-refractivity contribution in [2.45, 2.75) is 100 Å². The summed E-state index contributed by atoms with van der Waals surface area (Å²) < 4.78 is 89.6. The van der Waals surface area contributed by atoms with Gasteiger partial charge >= 0.3 is 0 Å². The summed E-state index contributed by atoms with van der Waals surface area (Å²) in [5, 5.41) is 9.59. The number of hydrogen-bond donors (Lipinski definition) is 3. The standard InChI is InChI=1S/C42H66N6O6S3/c1-31(2)10-13-55(49,50)46-25-34-16-36(21-40(19-34)43-7)27-47(56(51,52)14-11-32(3)4)29-38-18-39(24-42(23-38)45-9)30-48(57(53,54)15-12-33(5)6)28-37-17-35(26-46)20-41(22-37)44-8/h16-24,31-33,43-45H,10-15,25-30H2,1-9H3. The summed E-state index contributed by atoms with van der Waals surface area (Å²) in [7, 11) is -5.95. The predicted molar refractivity (Wildman–Crippen MR) is 235 cm³/mol. The van der Waals surface area contributed by atoms with Crippen molar-refractivity contribution in [2.24, 2.45) is 17.8 Å². The molecule has 0 saturated carbocycles. The van der Waals surface area contributed by atoms with Crippen molar-refractivity contribution in [2.75, 3.05) is 54.4 Å². The van der Waals surface area contributed by atoms with E-state index in [2.05, 4.69) is 16.0 Å². The van der Waals surface area contributed by atoms with Crippen LogP contribution in [0, 0.1) is 17.8 Å². The Labute approximate surface area is 344 Å². The van der Waals surface area contributed by atoms with Crippen LogP contribution in [0.3, 0.4) is 0 Å². The van der Waals surface area contributed by atoms with E-state index in [1.165, 1.54) is 12.9 Å². The molecular formula is C42H66N6O6S3. The van der Waals surface area contributed by atoms with Gasteiger partial charge in [0.25, 0.3) is 0 Å². The van der Waals surface area contributed by atoms with Crippen LogP contribution in [0.2, 0.25) is 0 Å². The second-order valence-corrected chi connectivity index (χ2v) is 22.9. The van der Waals surface area contributed by atoms with Gasteiger partial charge < -0.3 is 16.0 Å². The Bertz CT molecular complexity index is 1830. The largest absolute Gasteiger partial charge is 0.388 e. The Morgan fingerprint density at radius 1 is 0.404 bits per heavy atom. The molecule has 0 amide bonds. The highest BCUT2D eigenvalue weighted by molar-refractivity contribution is 7.89. The number of sulfonamides is 3. The van der Waals surface area contributed by atoms with E-state index in [0.29, 0.717) is 19.3 Å². The monoisotopic (exact) mass is 846 g/mol. The molecule has 1 heterocycles. The minimum absolute atomic E-state index is 0.0299. The summed E-state index contributed by atoms with van der Waals surface area (Å²) in [4.78, 5) is 0. The number of nitrogens with zero attached hydrogens (tertiary/aromatic N) is 3. The zero-order valence-corrected chi connectivity index (χ0v) is 37.9. The van der Waals surface area contributed by atoms with Crippen LogP contribution >= 0.6 is 0 Å². The number of benzene rings is 3. The van der Waals surface area contributed by atoms with E-state index in [1.807, 2.05) is 96.1 Å². The molecule has 3 aromatic carbocycles. The Morgan fingerprint density at radius 3 is 0.754 bits per heavy atom. The van der Waals surface area contributed by atoms with Crippen molar-refractivity contribution in [3.8, 4) is 0 Å². The molecule has 3 N–H and O–H groups in total. The molecule has 57 heavy (non-hydrogen) atoms. The summed E-state index contributed by atoms with van der Waals surface area (Å²) in [5.74, 6) is 0.437. The van der Waals surface area contributed by atoms with Crippen molar-refractivity contribution in [1.82, 2.24) is 12.9 Å². The van der Waals surface area contributed by atoms with Gasteiger partial charge in [0.2, 0.25) is 30.1 Å². The van der Waals surface area contributed by atoms with Crippen LogP contribution in [0.4, 0.5) is 17.1 Å². The van der Waals surface area contributed by atoms with E-state index in [4.69, 9.17) is 0 Å². The van der Waals surface area contributed by atoms with E-state index in [1.54, 1.807) is 21.1 Å². The van der Waals surface area contributed by atoms with Gasteiger partial charge in [-0.25, -0.2) is 25.3 Å². The SMILES string of the molecule is CNc1cc2cc(c1)CN(S(=O)(=O)CCC(C)C)Cc1cc(cc(NC)c1)CN(S(=O)(=O)CCC(C)C)Cc1cc(cc(NC)c1)CN(S(=O)(=O)CCC(C)C)C2. The van der Waals surface area contributed by atoms with Gasteiger partial charge in [0, 0.05) is 77.5 Å². The third-order valence-electron chi connectivity index (χ3n) is 10.2. The van der Waals surface area contributed by atoms with Crippen LogP contribution in [0.25, 0.3) is 0 Å². The molecule has 3 aromatic rings. The molecule has 0 aliphatic carbocycles. The predicted octanol–water partition coefficient (Wildman–Crippen LogP) is 7.26. The molecule has 15 heteroatoms. The van der Waals surface area contributed by atoms with Crippen molar-refractivity contribution >= 4 is 47.1 Å². The maximum atomic E-state index is 14.2. The van der Waals surface area contributed by atoms with Crippen molar-refractivity contribution in [1.29, 1.82) is 0 Å². The van der Waals surface area contributed by atoms with Crippen LogP contribution in [0.5, 0.6) is 0 Å². The van der Waals surface area contributed by atoms with Gasteiger partial charge in [-0.2, -0.15) is 12.9 Å². The van der Waals surface area contributed by atoms with Gasteiger partial charge in [-0.05, 0) is 107 Å². The number of hydrogen-bond acceptors (Lipinski definition) is 9. The molecule has 0 atom stereocenters.